The van der Waals surface area contributed by atoms with Gasteiger partial charge in [-0.1, -0.05) is 41.4 Å². The number of carbonyl (C=O) groups excluding carboxylic acids is 1. The van der Waals surface area contributed by atoms with Crippen LogP contribution >= 0.6 is 23.2 Å². The van der Waals surface area contributed by atoms with Gasteiger partial charge in [-0.25, -0.2) is 0 Å². The molecule has 3 rings (SSSR count). The molecule has 2 N–H and O–H groups in total. The van der Waals surface area contributed by atoms with Gasteiger partial charge < -0.3 is 15.2 Å². The summed E-state index contributed by atoms with van der Waals surface area (Å²) in [5.41, 5.74) is 1.54. The minimum atomic E-state index is -0.891. The zero-order chi connectivity index (χ0) is 19.9. The predicted octanol–water partition coefficient (Wildman–Crippen LogP) is 3.41. The van der Waals surface area contributed by atoms with Gasteiger partial charge in [-0.3, -0.25) is 9.48 Å². The SMILES string of the molecule is O=C(NCC(O)COc1cccc(Cl)c1Cl)c1ccc(Cn2cccn2)cc1. The van der Waals surface area contributed by atoms with Crippen LogP contribution in [0.1, 0.15) is 15.9 Å². The number of nitrogens with one attached hydrogen (secondary N) is 1. The van der Waals surface area contributed by atoms with E-state index in [0.29, 0.717) is 22.9 Å². The average molecular weight is 420 g/mol. The van der Waals surface area contributed by atoms with Gasteiger partial charge in [-0.05, 0) is 35.9 Å². The molecule has 0 saturated carbocycles. The zero-order valence-electron chi connectivity index (χ0n) is 14.9. The van der Waals surface area contributed by atoms with E-state index in [-0.39, 0.29) is 24.1 Å². The van der Waals surface area contributed by atoms with Crippen LogP contribution in [0, 0.1) is 0 Å². The fraction of sp³-hybridized carbons (Fsp3) is 0.200. The third-order valence-electron chi connectivity index (χ3n) is 3.97. The number of halogens is 2. The first-order chi connectivity index (χ1) is 13.5. The molecule has 0 fully saturated rings. The van der Waals surface area contributed by atoms with Crippen molar-refractivity contribution < 1.29 is 14.6 Å². The van der Waals surface area contributed by atoms with E-state index in [2.05, 4.69) is 10.4 Å². The molecule has 6 nitrogen and oxygen atoms in total. The van der Waals surface area contributed by atoms with Crippen molar-refractivity contribution in [3.05, 3.63) is 82.1 Å². The summed E-state index contributed by atoms with van der Waals surface area (Å²) in [6, 6.07) is 14.1. The van der Waals surface area contributed by atoms with E-state index in [9.17, 15) is 9.90 Å². The second-order valence-corrected chi connectivity index (χ2v) is 6.91. The molecule has 0 radical (unpaired) electrons. The van der Waals surface area contributed by atoms with E-state index in [1.54, 1.807) is 41.2 Å². The summed E-state index contributed by atoms with van der Waals surface area (Å²) in [5, 5.41) is 17.5. The summed E-state index contributed by atoms with van der Waals surface area (Å²) >= 11 is 11.9. The fourth-order valence-electron chi connectivity index (χ4n) is 2.50. The largest absolute Gasteiger partial charge is 0.489 e. The number of nitrogens with zero attached hydrogens (tertiary/aromatic N) is 2. The highest BCUT2D eigenvalue weighted by molar-refractivity contribution is 6.42. The van der Waals surface area contributed by atoms with Gasteiger partial charge in [0.05, 0.1) is 11.6 Å². The topological polar surface area (TPSA) is 76.4 Å². The van der Waals surface area contributed by atoms with E-state index in [0.717, 1.165) is 5.56 Å². The number of rotatable bonds is 8. The van der Waals surface area contributed by atoms with Crippen molar-refractivity contribution in [1.29, 1.82) is 0 Å². The van der Waals surface area contributed by atoms with Crippen molar-refractivity contribution in [1.82, 2.24) is 15.1 Å². The van der Waals surface area contributed by atoms with Crippen LogP contribution in [0.3, 0.4) is 0 Å². The Hall–Kier alpha value is -2.54. The van der Waals surface area contributed by atoms with Crippen LogP contribution in [-0.4, -0.2) is 40.0 Å². The van der Waals surface area contributed by atoms with Gasteiger partial charge >= 0.3 is 0 Å². The van der Waals surface area contributed by atoms with Crippen LogP contribution < -0.4 is 10.1 Å². The van der Waals surface area contributed by atoms with E-state index in [1.807, 2.05) is 24.4 Å². The highest BCUT2D eigenvalue weighted by Gasteiger charge is 2.12. The van der Waals surface area contributed by atoms with Gasteiger partial charge in [-0.2, -0.15) is 5.10 Å². The summed E-state index contributed by atoms with van der Waals surface area (Å²) in [6.07, 6.45) is 2.70. The minimum Gasteiger partial charge on any atom is -0.489 e. The van der Waals surface area contributed by atoms with Gasteiger partial charge in [0.1, 0.15) is 23.5 Å². The van der Waals surface area contributed by atoms with Crippen LogP contribution in [0.4, 0.5) is 0 Å². The normalized spacial score (nSPS) is 11.8. The molecular weight excluding hydrogens is 401 g/mol. The molecule has 1 atom stereocenters. The number of hydrogen-bond donors (Lipinski definition) is 2. The summed E-state index contributed by atoms with van der Waals surface area (Å²) in [4.78, 5) is 12.2. The number of aromatic nitrogens is 2. The van der Waals surface area contributed by atoms with Crippen LogP contribution in [-0.2, 0) is 6.54 Å². The maximum absolute atomic E-state index is 12.2. The highest BCUT2D eigenvalue weighted by Crippen LogP contribution is 2.31. The molecule has 1 unspecified atom stereocenters. The van der Waals surface area contributed by atoms with E-state index in [1.165, 1.54) is 0 Å². The first-order valence-electron chi connectivity index (χ1n) is 8.62. The molecule has 2 aromatic carbocycles. The van der Waals surface area contributed by atoms with Crippen molar-refractivity contribution in [3.8, 4) is 5.75 Å². The molecule has 1 aromatic heterocycles. The maximum atomic E-state index is 12.2. The second-order valence-electron chi connectivity index (χ2n) is 6.13. The first kappa shape index (κ1) is 20.2. The van der Waals surface area contributed by atoms with Crippen molar-refractivity contribution in [2.45, 2.75) is 12.6 Å². The Labute approximate surface area is 172 Å². The summed E-state index contributed by atoms with van der Waals surface area (Å²) in [6.45, 7) is 0.659. The maximum Gasteiger partial charge on any atom is 0.251 e. The highest BCUT2D eigenvalue weighted by atomic mass is 35.5. The van der Waals surface area contributed by atoms with Crippen molar-refractivity contribution in [2.24, 2.45) is 0 Å². The first-order valence-corrected chi connectivity index (χ1v) is 9.38. The molecule has 1 amide bonds. The number of aliphatic hydroxyl groups is 1. The number of aliphatic hydroxyl groups excluding tert-OH is 1. The molecule has 0 saturated heterocycles. The summed E-state index contributed by atoms with van der Waals surface area (Å²) in [5.74, 6) is 0.109. The summed E-state index contributed by atoms with van der Waals surface area (Å²) < 4.78 is 7.26. The molecule has 0 aliphatic heterocycles. The molecule has 0 spiro atoms. The number of carbonyl (C=O) groups is 1. The number of amides is 1. The lowest BCUT2D eigenvalue weighted by atomic mass is 10.1. The van der Waals surface area contributed by atoms with Gasteiger partial charge in [0.2, 0.25) is 0 Å². The quantitative estimate of drug-likeness (QED) is 0.586. The lowest BCUT2D eigenvalue weighted by molar-refractivity contribution is 0.0844. The van der Waals surface area contributed by atoms with E-state index >= 15 is 0 Å². The van der Waals surface area contributed by atoms with Crippen molar-refractivity contribution in [2.75, 3.05) is 13.2 Å². The predicted molar refractivity (Wildman–Crippen MR) is 108 cm³/mol. The number of hydrogen-bond acceptors (Lipinski definition) is 4. The third-order valence-corrected chi connectivity index (χ3v) is 4.77. The molecule has 0 bridgehead atoms. The van der Waals surface area contributed by atoms with Gasteiger partial charge in [0.25, 0.3) is 5.91 Å². The number of benzene rings is 2. The fourth-order valence-corrected chi connectivity index (χ4v) is 2.84. The van der Waals surface area contributed by atoms with E-state index < -0.39 is 6.10 Å². The Morgan fingerprint density at radius 3 is 2.68 bits per heavy atom. The Morgan fingerprint density at radius 2 is 1.96 bits per heavy atom. The van der Waals surface area contributed by atoms with Crippen LogP contribution in [0.5, 0.6) is 5.75 Å². The van der Waals surface area contributed by atoms with Gasteiger partial charge in [0.15, 0.2) is 0 Å². The smallest absolute Gasteiger partial charge is 0.251 e. The molecular formula is C20H19Cl2N3O3. The van der Waals surface area contributed by atoms with Gasteiger partial charge in [0, 0.05) is 24.5 Å². The Bertz CT molecular complexity index is 915. The Balaban J connectivity index is 1.46. The van der Waals surface area contributed by atoms with Crippen molar-refractivity contribution in [3.63, 3.8) is 0 Å². The lowest BCUT2D eigenvalue weighted by Crippen LogP contribution is -2.35. The average Bonchev–Trinajstić information content (AvgIpc) is 3.21. The number of ether oxygens (including phenoxy) is 1. The molecule has 8 heteroatoms. The van der Waals surface area contributed by atoms with Crippen molar-refractivity contribution >= 4 is 29.1 Å². The Morgan fingerprint density at radius 1 is 1.18 bits per heavy atom. The molecule has 0 aliphatic rings. The van der Waals surface area contributed by atoms with Crippen LogP contribution in [0.15, 0.2) is 60.9 Å². The second kappa shape index (κ2) is 9.59. The zero-order valence-corrected chi connectivity index (χ0v) is 16.4. The minimum absolute atomic E-state index is 0.0247. The molecule has 146 valence electrons. The molecule has 3 aromatic rings. The summed E-state index contributed by atoms with van der Waals surface area (Å²) in [7, 11) is 0. The standard InChI is InChI=1S/C20H19Cl2N3O3/c21-17-3-1-4-18(19(17)22)28-13-16(26)11-23-20(27)15-7-5-14(6-8-15)12-25-10-2-9-24-25/h1-10,16,26H,11-13H2,(H,23,27). The van der Waals surface area contributed by atoms with Crippen LogP contribution in [0.25, 0.3) is 0 Å². The molecule has 28 heavy (non-hydrogen) atoms. The molecule has 0 aliphatic carbocycles. The van der Waals surface area contributed by atoms with E-state index in [4.69, 9.17) is 27.9 Å². The lowest BCUT2D eigenvalue weighted by Gasteiger charge is -2.14. The van der Waals surface area contributed by atoms with Crippen LogP contribution in [0.2, 0.25) is 10.0 Å². The monoisotopic (exact) mass is 419 g/mol. The van der Waals surface area contributed by atoms with Gasteiger partial charge in [-0.15, -0.1) is 0 Å². The molecule has 1 heterocycles. The Kier molecular flexibility index (Phi) is 6.92. The third kappa shape index (κ3) is 5.48.